The van der Waals surface area contributed by atoms with Crippen molar-refractivity contribution < 1.29 is 23.4 Å². The van der Waals surface area contributed by atoms with Gasteiger partial charge in [-0.2, -0.15) is 0 Å². The van der Waals surface area contributed by atoms with Gasteiger partial charge in [0.05, 0.1) is 28.3 Å². The highest BCUT2D eigenvalue weighted by Crippen LogP contribution is 2.39. The van der Waals surface area contributed by atoms with Gasteiger partial charge in [-0.25, -0.2) is 0 Å². The van der Waals surface area contributed by atoms with Crippen LogP contribution in [0.2, 0.25) is 0 Å². The third-order valence-electron chi connectivity index (χ3n) is 9.69. The van der Waals surface area contributed by atoms with Crippen LogP contribution >= 0.6 is 0 Å². The van der Waals surface area contributed by atoms with Gasteiger partial charge in [-0.15, -0.1) is 0 Å². The molecule has 3 heterocycles. The molecule has 3 fully saturated rings. The number of carbonyl (C=O) groups is 1. The normalized spacial score (nSPS) is 24.5. The van der Waals surface area contributed by atoms with Crippen LogP contribution in [0.15, 0.2) is 36.4 Å². The Hall–Kier alpha value is -2.16. The second-order valence-corrected chi connectivity index (χ2v) is 13.6. The standard InChI is InChI=1S/C31H44B2N2O5/c1-20-11-13-23(17-25(20)32-37-28(3,4)29(5,6)38-32)35(27(36)22-15-16-34-19-22)24-14-12-21(2)26(18-24)33-39-30(7,8)31(9,10)40-33/h11-14,17-18,22,34H,15-16,19H2,1-10H3. The first-order valence-electron chi connectivity index (χ1n) is 14.5. The summed E-state index contributed by atoms with van der Waals surface area (Å²) in [5, 5.41) is 3.35. The average Bonchev–Trinajstić information content (AvgIpc) is 3.51. The number of aryl methyl sites for hydroxylation is 2. The maximum absolute atomic E-state index is 14.2. The van der Waals surface area contributed by atoms with Crippen molar-refractivity contribution in [1.29, 1.82) is 0 Å². The number of rotatable bonds is 5. The molecule has 1 amide bonds. The van der Waals surface area contributed by atoms with Gasteiger partial charge in [0.15, 0.2) is 0 Å². The molecule has 0 radical (unpaired) electrons. The van der Waals surface area contributed by atoms with Crippen LogP contribution < -0.4 is 21.1 Å². The van der Waals surface area contributed by atoms with Gasteiger partial charge in [0.25, 0.3) is 0 Å². The molecule has 214 valence electrons. The fraction of sp³-hybridized carbons (Fsp3) is 0.581. The summed E-state index contributed by atoms with van der Waals surface area (Å²) in [6, 6.07) is 12.2. The van der Waals surface area contributed by atoms with E-state index in [-0.39, 0.29) is 11.8 Å². The van der Waals surface area contributed by atoms with E-state index in [2.05, 4.69) is 74.6 Å². The fourth-order valence-corrected chi connectivity index (χ4v) is 5.43. The first kappa shape index (κ1) is 29.3. The van der Waals surface area contributed by atoms with E-state index < -0.39 is 36.6 Å². The zero-order chi connectivity index (χ0) is 29.3. The van der Waals surface area contributed by atoms with Crippen LogP contribution in [0, 0.1) is 19.8 Å². The van der Waals surface area contributed by atoms with E-state index in [0.717, 1.165) is 46.4 Å². The molecule has 2 aromatic carbocycles. The summed E-state index contributed by atoms with van der Waals surface area (Å²) in [4.78, 5) is 16.0. The quantitative estimate of drug-likeness (QED) is 0.568. The fourth-order valence-electron chi connectivity index (χ4n) is 5.43. The first-order valence-corrected chi connectivity index (χ1v) is 14.5. The van der Waals surface area contributed by atoms with Crippen molar-refractivity contribution in [3.05, 3.63) is 47.5 Å². The van der Waals surface area contributed by atoms with E-state index in [1.165, 1.54) is 0 Å². The Balaban J connectivity index is 1.57. The molecule has 3 aliphatic heterocycles. The molecule has 1 unspecified atom stereocenters. The second-order valence-electron chi connectivity index (χ2n) is 13.6. The molecule has 5 rings (SSSR count). The van der Waals surface area contributed by atoms with Gasteiger partial charge in [0, 0.05) is 17.9 Å². The minimum Gasteiger partial charge on any atom is -0.399 e. The topological polar surface area (TPSA) is 69.3 Å². The number of hydrogen-bond acceptors (Lipinski definition) is 6. The highest BCUT2D eigenvalue weighted by Gasteiger charge is 2.53. The minimum atomic E-state index is -0.520. The van der Waals surface area contributed by atoms with Gasteiger partial charge in [0.2, 0.25) is 5.91 Å². The Bertz CT molecular complexity index is 1190. The van der Waals surface area contributed by atoms with Crippen LogP contribution in [0.5, 0.6) is 0 Å². The predicted octanol–water partition coefficient (Wildman–Crippen LogP) is 4.18. The van der Waals surface area contributed by atoms with Crippen LogP contribution in [0.3, 0.4) is 0 Å². The summed E-state index contributed by atoms with van der Waals surface area (Å²) in [5.41, 5.74) is 3.71. The summed E-state index contributed by atoms with van der Waals surface area (Å²) in [6.45, 7) is 22.0. The number of nitrogens with zero attached hydrogens (tertiary/aromatic N) is 1. The molecule has 3 saturated heterocycles. The molecule has 0 aromatic heterocycles. The Morgan fingerprint density at radius 2 is 1.15 bits per heavy atom. The molecular formula is C31H44B2N2O5. The Kier molecular flexibility index (Phi) is 7.32. The van der Waals surface area contributed by atoms with Gasteiger partial charge in [-0.3, -0.25) is 9.69 Å². The first-order chi connectivity index (χ1) is 18.5. The lowest BCUT2D eigenvalue weighted by Crippen LogP contribution is -2.41. The summed E-state index contributed by atoms with van der Waals surface area (Å²) >= 11 is 0. The third kappa shape index (κ3) is 5.05. The lowest BCUT2D eigenvalue weighted by atomic mass is 9.75. The van der Waals surface area contributed by atoms with Crippen molar-refractivity contribution in [3.63, 3.8) is 0 Å². The van der Waals surface area contributed by atoms with Crippen molar-refractivity contribution in [1.82, 2.24) is 5.32 Å². The Morgan fingerprint density at radius 3 is 1.50 bits per heavy atom. The summed E-state index contributed by atoms with van der Waals surface area (Å²) in [6.07, 6.45) is 0.807. The smallest absolute Gasteiger partial charge is 0.399 e. The molecule has 0 aliphatic carbocycles. The molecule has 2 aromatic rings. The van der Waals surface area contributed by atoms with Crippen molar-refractivity contribution in [2.24, 2.45) is 5.92 Å². The van der Waals surface area contributed by atoms with E-state index in [9.17, 15) is 4.79 Å². The van der Waals surface area contributed by atoms with Crippen LogP contribution in [-0.2, 0) is 23.4 Å². The van der Waals surface area contributed by atoms with Crippen LogP contribution in [0.1, 0.15) is 72.9 Å². The van der Waals surface area contributed by atoms with Gasteiger partial charge in [0.1, 0.15) is 0 Å². The number of nitrogens with one attached hydrogen (secondary N) is 1. The lowest BCUT2D eigenvalue weighted by Gasteiger charge is -2.32. The molecule has 0 bridgehead atoms. The van der Waals surface area contributed by atoms with E-state index in [0.29, 0.717) is 6.54 Å². The Morgan fingerprint density at radius 1 is 0.750 bits per heavy atom. The van der Waals surface area contributed by atoms with Gasteiger partial charge in [-0.05, 0) is 117 Å². The molecule has 0 saturated carbocycles. The molecule has 3 aliphatic rings. The van der Waals surface area contributed by atoms with Crippen molar-refractivity contribution in [2.45, 2.75) is 98.1 Å². The Labute approximate surface area is 240 Å². The van der Waals surface area contributed by atoms with E-state index in [4.69, 9.17) is 18.6 Å². The third-order valence-corrected chi connectivity index (χ3v) is 9.69. The van der Waals surface area contributed by atoms with Gasteiger partial charge < -0.3 is 23.9 Å². The number of amides is 1. The number of anilines is 2. The average molecular weight is 546 g/mol. The maximum Gasteiger partial charge on any atom is 0.495 e. The SMILES string of the molecule is Cc1ccc(N(C(=O)C2CCNC2)c2ccc(C)c(B3OC(C)(C)C(C)(C)O3)c2)cc1B1OC(C)(C)C(C)(C)O1. The highest BCUT2D eigenvalue weighted by molar-refractivity contribution is 6.63. The largest absolute Gasteiger partial charge is 0.495 e. The molecular weight excluding hydrogens is 502 g/mol. The van der Waals surface area contributed by atoms with E-state index >= 15 is 0 Å². The summed E-state index contributed by atoms with van der Waals surface area (Å²) < 4.78 is 25.6. The van der Waals surface area contributed by atoms with Gasteiger partial charge in [-0.1, -0.05) is 23.3 Å². The molecule has 0 spiro atoms. The number of hydrogen-bond donors (Lipinski definition) is 1. The van der Waals surface area contributed by atoms with Crippen molar-refractivity contribution >= 4 is 42.4 Å². The molecule has 1 atom stereocenters. The van der Waals surface area contributed by atoms with Gasteiger partial charge >= 0.3 is 14.2 Å². The minimum absolute atomic E-state index is 0.0671. The number of carbonyl (C=O) groups excluding carboxylic acids is 1. The monoisotopic (exact) mass is 546 g/mol. The molecule has 9 heteroatoms. The zero-order valence-corrected chi connectivity index (χ0v) is 25.8. The molecule has 1 N–H and O–H groups in total. The van der Waals surface area contributed by atoms with Crippen molar-refractivity contribution in [3.8, 4) is 0 Å². The number of benzene rings is 2. The van der Waals surface area contributed by atoms with Crippen molar-refractivity contribution in [2.75, 3.05) is 18.0 Å². The van der Waals surface area contributed by atoms with E-state index in [1.54, 1.807) is 0 Å². The van der Waals surface area contributed by atoms with Crippen LogP contribution in [0.4, 0.5) is 11.4 Å². The lowest BCUT2D eigenvalue weighted by molar-refractivity contribution is -0.121. The molecule has 40 heavy (non-hydrogen) atoms. The highest BCUT2D eigenvalue weighted by atomic mass is 16.7. The van der Waals surface area contributed by atoms with Crippen LogP contribution in [-0.4, -0.2) is 55.6 Å². The maximum atomic E-state index is 14.2. The molecule has 7 nitrogen and oxygen atoms in total. The summed E-state index contributed by atoms with van der Waals surface area (Å²) in [7, 11) is -1.04. The van der Waals surface area contributed by atoms with E-state index in [1.807, 2.05) is 41.3 Å². The second kappa shape index (κ2) is 9.99. The predicted molar refractivity (Wildman–Crippen MR) is 162 cm³/mol. The van der Waals surface area contributed by atoms with Crippen LogP contribution in [0.25, 0.3) is 0 Å². The summed E-state index contributed by atoms with van der Waals surface area (Å²) in [5.74, 6) is -0.0411. The zero-order valence-electron chi connectivity index (χ0n) is 25.8.